The lowest BCUT2D eigenvalue weighted by molar-refractivity contribution is -0.133. The predicted octanol–water partition coefficient (Wildman–Crippen LogP) is 2.85. The van der Waals surface area contributed by atoms with Gasteiger partial charge >= 0.3 is 5.97 Å². The van der Waals surface area contributed by atoms with E-state index in [1.165, 1.54) is 12.2 Å². The number of ether oxygens (including phenoxy) is 1. The number of halogens is 1. The van der Waals surface area contributed by atoms with Crippen LogP contribution in [-0.4, -0.2) is 64.2 Å². The van der Waals surface area contributed by atoms with Crippen molar-refractivity contribution in [2.75, 3.05) is 32.8 Å². The lowest BCUT2D eigenvalue weighted by atomic mass is 10.2. The van der Waals surface area contributed by atoms with Gasteiger partial charge in [0.2, 0.25) is 5.91 Å². The number of aromatic nitrogens is 2. The molecule has 0 radical (unpaired) electrons. The zero-order chi connectivity index (χ0) is 21.5. The maximum atomic E-state index is 13.4. The van der Waals surface area contributed by atoms with Crippen LogP contribution < -0.4 is 0 Å². The van der Waals surface area contributed by atoms with Gasteiger partial charge in [-0.25, -0.2) is 9.18 Å². The second kappa shape index (κ2) is 10.2. The summed E-state index contributed by atoms with van der Waals surface area (Å²) in [5.41, 5.74) is 2.16. The lowest BCUT2D eigenvalue weighted by Gasteiger charge is -2.37. The molecule has 7 nitrogen and oxygen atoms in total. The largest absolute Gasteiger partial charge is 0.461 e. The molecule has 0 spiro atoms. The van der Waals surface area contributed by atoms with Gasteiger partial charge in [-0.05, 0) is 37.6 Å². The Bertz CT molecular complexity index is 864. The van der Waals surface area contributed by atoms with Crippen molar-refractivity contribution in [3.05, 3.63) is 53.3 Å². The standard InChI is InChI=1S/C22H29FN4O3/c1-3-6-19-15-20(22(29)30-4-2)24-27(19)16-21(28)26-13-11-25(12-14-26)18-8-5-7-17(23)9-10-18/h5,7,9-10,15H,3-4,6,8,11-14,16H2,1-2H3. The van der Waals surface area contributed by atoms with Crippen molar-refractivity contribution in [3.8, 4) is 0 Å². The number of hydrogen-bond acceptors (Lipinski definition) is 5. The first-order chi connectivity index (χ1) is 14.5. The molecule has 0 saturated carbocycles. The van der Waals surface area contributed by atoms with Gasteiger partial charge in [0.1, 0.15) is 12.4 Å². The Morgan fingerprint density at radius 1 is 1.17 bits per heavy atom. The maximum Gasteiger partial charge on any atom is 0.358 e. The van der Waals surface area contributed by atoms with Crippen LogP contribution in [0.2, 0.25) is 0 Å². The monoisotopic (exact) mass is 416 g/mol. The molecule has 1 saturated heterocycles. The molecule has 2 aliphatic rings. The van der Waals surface area contributed by atoms with E-state index in [1.54, 1.807) is 17.7 Å². The number of piperazine rings is 1. The molecule has 162 valence electrons. The fourth-order valence-electron chi connectivity index (χ4n) is 3.65. The first-order valence-electron chi connectivity index (χ1n) is 10.5. The predicted molar refractivity (Wildman–Crippen MR) is 111 cm³/mol. The smallest absolute Gasteiger partial charge is 0.358 e. The van der Waals surface area contributed by atoms with Crippen molar-refractivity contribution in [1.29, 1.82) is 0 Å². The number of carbonyl (C=O) groups excluding carboxylic acids is 2. The number of nitrogens with zero attached hydrogens (tertiary/aromatic N) is 4. The minimum atomic E-state index is -0.467. The van der Waals surface area contributed by atoms with Gasteiger partial charge in [0, 0.05) is 44.0 Å². The van der Waals surface area contributed by atoms with Gasteiger partial charge in [0.15, 0.2) is 5.69 Å². The average Bonchev–Trinajstić information content (AvgIpc) is 3.00. The summed E-state index contributed by atoms with van der Waals surface area (Å²) in [7, 11) is 0. The van der Waals surface area contributed by atoms with E-state index in [0.717, 1.165) is 24.2 Å². The maximum absolute atomic E-state index is 13.4. The van der Waals surface area contributed by atoms with Crippen LogP contribution in [-0.2, 0) is 22.5 Å². The number of carbonyl (C=O) groups is 2. The Kier molecular flexibility index (Phi) is 7.43. The fraction of sp³-hybridized carbons (Fsp3) is 0.500. The number of amides is 1. The highest BCUT2D eigenvalue weighted by Crippen LogP contribution is 2.18. The summed E-state index contributed by atoms with van der Waals surface area (Å²) in [6.45, 7) is 6.79. The Balaban J connectivity index is 1.60. The van der Waals surface area contributed by atoms with E-state index < -0.39 is 5.97 Å². The van der Waals surface area contributed by atoms with Crippen LogP contribution in [0.3, 0.4) is 0 Å². The van der Waals surface area contributed by atoms with Crippen molar-refractivity contribution in [1.82, 2.24) is 19.6 Å². The van der Waals surface area contributed by atoms with E-state index in [2.05, 4.69) is 10.00 Å². The third-order valence-corrected chi connectivity index (χ3v) is 5.22. The SMILES string of the molecule is CCCc1cc(C(=O)OCC)nn1CC(=O)N1CCN(C2=CC=C(F)C=CC2)CC1. The van der Waals surface area contributed by atoms with Crippen LogP contribution in [0.25, 0.3) is 0 Å². The molecular formula is C22H29FN4O3. The van der Waals surface area contributed by atoms with E-state index in [1.807, 2.05) is 24.0 Å². The molecule has 2 heterocycles. The molecule has 3 rings (SSSR count). The van der Waals surface area contributed by atoms with E-state index in [4.69, 9.17) is 4.74 Å². The van der Waals surface area contributed by atoms with Gasteiger partial charge in [-0.1, -0.05) is 19.4 Å². The van der Waals surface area contributed by atoms with Crippen molar-refractivity contribution in [2.45, 2.75) is 39.7 Å². The first-order valence-corrected chi connectivity index (χ1v) is 10.5. The zero-order valence-corrected chi connectivity index (χ0v) is 17.6. The van der Waals surface area contributed by atoms with Crippen LogP contribution in [0.5, 0.6) is 0 Å². The fourth-order valence-corrected chi connectivity index (χ4v) is 3.65. The first kappa shape index (κ1) is 21.8. The van der Waals surface area contributed by atoms with Crippen molar-refractivity contribution in [2.24, 2.45) is 0 Å². The summed E-state index contributed by atoms with van der Waals surface area (Å²) in [6, 6.07) is 1.71. The highest BCUT2D eigenvalue weighted by atomic mass is 19.1. The summed E-state index contributed by atoms with van der Waals surface area (Å²) in [6.07, 6.45) is 8.89. The molecule has 1 aliphatic carbocycles. The third kappa shape index (κ3) is 5.37. The molecule has 1 aromatic heterocycles. The van der Waals surface area contributed by atoms with Gasteiger partial charge in [0.05, 0.1) is 6.61 Å². The molecule has 0 bridgehead atoms. The molecule has 0 atom stereocenters. The van der Waals surface area contributed by atoms with Crippen molar-refractivity contribution < 1.29 is 18.7 Å². The Hall–Kier alpha value is -2.90. The molecule has 0 unspecified atom stereocenters. The molecule has 1 aromatic rings. The Morgan fingerprint density at radius 3 is 2.63 bits per heavy atom. The Labute approximate surface area is 176 Å². The van der Waals surface area contributed by atoms with E-state index in [-0.39, 0.29) is 30.6 Å². The quantitative estimate of drug-likeness (QED) is 0.640. The summed E-state index contributed by atoms with van der Waals surface area (Å²) in [5.74, 6) is -0.736. The van der Waals surface area contributed by atoms with E-state index in [9.17, 15) is 14.0 Å². The number of aryl methyl sites for hydroxylation is 1. The van der Waals surface area contributed by atoms with E-state index >= 15 is 0 Å². The number of esters is 1. The molecular weight excluding hydrogens is 387 g/mol. The third-order valence-electron chi connectivity index (χ3n) is 5.22. The zero-order valence-electron chi connectivity index (χ0n) is 17.6. The van der Waals surface area contributed by atoms with Crippen molar-refractivity contribution >= 4 is 11.9 Å². The minimum Gasteiger partial charge on any atom is -0.461 e. The van der Waals surface area contributed by atoms with Crippen molar-refractivity contribution in [3.63, 3.8) is 0 Å². The summed E-state index contributed by atoms with van der Waals surface area (Å²) in [4.78, 5) is 28.9. The lowest BCUT2D eigenvalue weighted by Crippen LogP contribution is -2.49. The topological polar surface area (TPSA) is 67.7 Å². The molecule has 8 heteroatoms. The van der Waals surface area contributed by atoms with E-state index in [0.29, 0.717) is 32.6 Å². The van der Waals surface area contributed by atoms with Gasteiger partial charge in [-0.3, -0.25) is 9.48 Å². The van der Waals surface area contributed by atoms with Crippen LogP contribution in [0, 0.1) is 0 Å². The molecule has 1 aliphatic heterocycles. The molecule has 0 aromatic carbocycles. The Morgan fingerprint density at radius 2 is 1.93 bits per heavy atom. The summed E-state index contributed by atoms with van der Waals surface area (Å²) in [5, 5.41) is 4.31. The molecule has 1 amide bonds. The second-order valence-corrected chi connectivity index (χ2v) is 7.33. The number of allylic oxidation sites excluding steroid dienone is 5. The highest BCUT2D eigenvalue weighted by molar-refractivity contribution is 5.87. The molecule has 0 N–H and O–H groups in total. The molecule has 1 fully saturated rings. The van der Waals surface area contributed by atoms with Crippen LogP contribution in [0.15, 0.2) is 41.9 Å². The normalized spacial score (nSPS) is 16.8. The van der Waals surface area contributed by atoms with Gasteiger partial charge in [-0.2, -0.15) is 5.10 Å². The van der Waals surface area contributed by atoms with Crippen LogP contribution in [0.4, 0.5) is 4.39 Å². The second-order valence-electron chi connectivity index (χ2n) is 7.33. The number of hydrogen-bond donors (Lipinski definition) is 0. The summed E-state index contributed by atoms with van der Waals surface area (Å²) < 4.78 is 20.0. The molecule has 30 heavy (non-hydrogen) atoms. The van der Waals surface area contributed by atoms with Gasteiger partial charge in [-0.15, -0.1) is 0 Å². The van der Waals surface area contributed by atoms with Crippen LogP contribution in [0.1, 0.15) is 42.9 Å². The highest BCUT2D eigenvalue weighted by Gasteiger charge is 2.24. The number of rotatable bonds is 7. The minimum absolute atomic E-state index is 0.0220. The van der Waals surface area contributed by atoms with Gasteiger partial charge < -0.3 is 14.5 Å². The van der Waals surface area contributed by atoms with Gasteiger partial charge in [0.25, 0.3) is 0 Å². The van der Waals surface area contributed by atoms with Crippen LogP contribution >= 0.6 is 0 Å². The summed E-state index contributed by atoms with van der Waals surface area (Å²) >= 11 is 0. The average molecular weight is 416 g/mol.